The summed E-state index contributed by atoms with van der Waals surface area (Å²) in [6.45, 7) is 3.91. The molecule has 1 aromatic carbocycles. The monoisotopic (exact) mass is 413 g/mol. The molecule has 30 heavy (non-hydrogen) atoms. The van der Waals surface area contributed by atoms with Crippen molar-refractivity contribution < 1.29 is 19.5 Å². The highest BCUT2D eigenvalue weighted by Gasteiger charge is 2.62. The predicted molar refractivity (Wildman–Crippen MR) is 112 cm³/mol. The molecule has 4 rings (SSSR count). The lowest BCUT2D eigenvalue weighted by Crippen LogP contribution is -2.58. The molecular formula is C23H31N3O4. The molecular weight excluding hydrogens is 382 g/mol. The number of primary amides is 1. The Balaban J connectivity index is 1.40. The average molecular weight is 414 g/mol. The predicted octanol–water partition coefficient (Wildman–Crippen LogP) is 1.51. The van der Waals surface area contributed by atoms with Crippen LogP contribution in [0.5, 0.6) is 0 Å². The third kappa shape index (κ3) is 3.71. The number of nitrogens with one attached hydrogen (secondary N) is 1. The third-order valence-corrected chi connectivity index (χ3v) is 7.50. The number of carbonyl (C=O) groups is 3. The molecule has 2 amide bonds. The highest BCUT2D eigenvalue weighted by molar-refractivity contribution is 5.89. The van der Waals surface area contributed by atoms with Crippen molar-refractivity contribution in [3.8, 4) is 0 Å². The Morgan fingerprint density at radius 3 is 2.50 bits per heavy atom. The first-order valence-corrected chi connectivity index (χ1v) is 11.0. The minimum Gasteiger partial charge on any atom is -0.481 e. The molecule has 2 aliphatic heterocycles. The summed E-state index contributed by atoms with van der Waals surface area (Å²) in [5.74, 6) is -2.16. The summed E-state index contributed by atoms with van der Waals surface area (Å²) in [6, 6.07) is 7.76. The topological polar surface area (TPSA) is 113 Å². The fourth-order valence-corrected chi connectivity index (χ4v) is 5.61. The van der Waals surface area contributed by atoms with Crippen molar-refractivity contribution in [2.24, 2.45) is 23.0 Å². The van der Waals surface area contributed by atoms with Gasteiger partial charge < -0.3 is 21.1 Å². The molecule has 0 aromatic heterocycles. The van der Waals surface area contributed by atoms with E-state index in [9.17, 15) is 19.5 Å². The molecule has 0 radical (unpaired) electrons. The number of carboxylic acids is 1. The van der Waals surface area contributed by atoms with E-state index in [0.717, 1.165) is 19.3 Å². The van der Waals surface area contributed by atoms with Crippen molar-refractivity contribution in [2.45, 2.75) is 51.0 Å². The first-order chi connectivity index (χ1) is 14.4. The van der Waals surface area contributed by atoms with Crippen molar-refractivity contribution in [1.82, 2.24) is 10.2 Å². The molecule has 7 heteroatoms. The van der Waals surface area contributed by atoms with Crippen LogP contribution >= 0.6 is 0 Å². The van der Waals surface area contributed by atoms with Crippen molar-refractivity contribution in [1.29, 1.82) is 0 Å². The lowest BCUT2D eigenvalue weighted by molar-refractivity contribution is -0.151. The standard InChI is InChI=1S/C23H31N3O4/c1-2-14-5-3-4-6-16(14)15-7-9-26(10-8-15)21(28)19-17(22(29)30)11-23(13-25-19)12-18(23)20(24)27/h3-6,15,17-19,25H,2,7-13H2,1H3,(H2,24,27)(H,29,30). The zero-order valence-corrected chi connectivity index (χ0v) is 17.5. The number of carboxylic acid groups (broad SMARTS) is 1. The number of aryl methyl sites for hydroxylation is 1. The van der Waals surface area contributed by atoms with Crippen LogP contribution in [-0.2, 0) is 20.8 Å². The van der Waals surface area contributed by atoms with Gasteiger partial charge in [0.1, 0.15) is 6.04 Å². The Morgan fingerprint density at radius 2 is 1.90 bits per heavy atom. The van der Waals surface area contributed by atoms with Gasteiger partial charge in [-0.3, -0.25) is 14.4 Å². The van der Waals surface area contributed by atoms with E-state index in [4.69, 9.17) is 5.73 Å². The maximum Gasteiger partial charge on any atom is 0.308 e. The molecule has 1 spiro atoms. The number of nitrogens with two attached hydrogens (primary N) is 1. The minimum atomic E-state index is -0.984. The molecule has 2 saturated heterocycles. The van der Waals surface area contributed by atoms with Gasteiger partial charge in [-0.1, -0.05) is 31.2 Å². The number of nitrogens with zero attached hydrogens (tertiary/aromatic N) is 1. The maximum absolute atomic E-state index is 13.2. The SMILES string of the molecule is CCc1ccccc1C1CCN(C(=O)C2NCC3(CC2C(=O)O)CC3C(N)=O)CC1. The molecule has 162 valence electrons. The smallest absolute Gasteiger partial charge is 0.308 e. The number of likely N-dealkylation sites (tertiary alicyclic amines) is 1. The molecule has 1 saturated carbocycles. The van der Waals surface area contributed by atoms with Gasteiger partial charge in [0, 0.05) is 25.6 Å². The molecule has 4 atom stereocenters. The fourth-order valence-electron chi connectivity index (χ4n) is 5.61. The van der Waals surface area contributed by atoms with E-state index in [1.165, 1.54) is 11.1 Å². The number of carbonyl (C=O) groups excluding carboxylic acids is 2. The second kappa shape index (κ2) is 8.02. The van der Waals surface area contributed by atoms with Crippen LogP contribution in [-0.4, -0.2) is 53.5 Å². The van der Waals surface area contributed by atoms with Crippen molar-refractivity contribution in [3.63, 3.8) is 0 Å². The van der Waals surface area contributed by atoms with Crippen molar-refractivity contribution >= 4 is 17.8 Å². The number of aliphatic carboxylic acids is 1. The molecule has 0 bridgehead atoms. The zero-order chi connectivity index (χ0) is 21.5. The van der Waals surface area contributed by atoms with Crippen LogP contribution in [0.4, 0.5) is 0 Å². The summed E-state index contributed by atoms with van der Waals surface area (Å²) in [6.07, 6.45) is 3.72. The summed E-state index contributed by atoms with van der Waals surface area (Å²) in [5.41, 5.74) is 7.78. The highest BCUT2D eigenvalue weighted by atomic mass is 16.4. The Labute approximate surface area is 177 Å². The minimum absolute atomic E-state index is 0.129. The van der Waals surface area contributed by atoms with Gasteiger partial charge in [-0.15, -0.1) is 0 Å². The van der Waals surface area contributed by atoms with Crippen LogP contribution in [0.2, 0.25) is 0 Å². The lowest BCUT2D eigenvalue weighted by atomic mass is 9.80. The second-order valence-corrected chi connectivity index (χ2v) is 9.18. The van der Waals surface area contributed by atoms with Crippen LogP contribution in [0.15, 0.2) is 24.3 Å². The maximum atomic E-state index is 13.2. The fraction of sp³-hybridized carbons (Fsp3) is 0.609. The van der Waals surface area contributed by atoms with Crippen LogP contribution in [0.1, 0.15) is 49.7 Å². The number of rotatable bonds is 5. The van der Waals surface area contributed by atoms with Crippen LogP contribution in [0.3, 0.4) is 0 Å². The number of amides is 2. The van der Waals surface area contributed by atoms with Gasteiger partial charge in [0.15, 0.2) is 0 Å². The highest BCUT2D eigenvalue weighted by Crippen LogP contribution is 2.58. The second-order valence-electron chi connectivity index (χ2n) is 9.18. The van der Waals surface area contributed by atoms with E-state index < -0.39 is 17.9 Å². The van der Waals surface area contributed by atoms with Gasteiger partial charge in [-0.05, 0) is 54.6 Å². The molecule has 1 aromatic rings. The normalized spacial score (nSPS) is 31.5. The lowest BCUT2D eigenvalue weighted by Gasteiger charge is -2.40. The number of hydrogen-bond acceptors (Lipinski definition) is 4. The number of piperidine rings is 2. The van der Waals surface area contributed by atoms with Crippen LogP contribution < -0.4 is 11.1 Å². The van der Waals surface area contributed by atoms with E-state index in [2.05, 4.69) is 36.5 Å². The first-order valence-electron chi connectivity index (χ1n) is 11.0. The molecule has 3 aliphatic rings. The van der Waals surface area contributed by atoms with Crippen LogP contribution in [0.25, 0.3) is 0 Å². The molecule has 1 aliphatic carbocycles. The zero-order valence-electron chi connectivity index (χ0n) is 17.5. The number of hydrogen-bond donors (Lipinski definition) is 3. The summed E-state index contributed by atoms with van der Waals surface area (Å²) < 4.78 is 0. The molecule has 2 heterocycles. The largest absolute Gasteiger partial charge is 0.481 e. The van der Waals surface area contributed by atoms with Gasteiger partial charge in [0.25, 0.3) is 0 Å². The Morgan fingerprint density at radius 1 is 1.20 bits per heavy atom. The molecule has 4 unspecified atom stereocenters. The Kier molecular flexibility index (Phi) is 5.57. The Bertz CT molecular complexity index is 849. The quantitative estimate of drug-likeness (QED) is 0.677. The van der Waals surface area contributed by atoms with Gasteiger partial charge in [-0.2, -0.15) is 0 Å². The van der Waals surface area contributed by atoms with E-state index in [1.54, 1.807) is 0 Å². The van der Waals surface area contributed by atoms with E-state index in [-0.39, 0.29) is 23.1 Å². The summed E-state index contributed by atoms with van der Waals surface area (Å²) in [5, 5.41) is 12.9. The van der Waals surface area contributed by atoms with Gasteiger partial charge in [0.2, 0.25) is 11.8 Å². The van der Waals surface area contributed by atoms with E-state index >= 15 is 0 Å². The first kappa shape index (κ1) is 20.8. The third-order valence-electron chi connectivity index (χ3n) is 7.50. The van der Waals surface area contributed by atoms with Crippen molar-refractivity contribution in [3.05, 3.63) is 35.4 Å². The summed E-state index contributed by atoms with van der Waals surface area (Å²) in [7, 11) is 0. The van der Waals surface area contributed by atoms with Gasteiger partial charge in [0.05, 0.1) is 5.92 Å². The van der Waals surface area contributed by atoms with E-state index in [1.807, 2.05) is 4.90 Å². The van der Waals surface area contributed by atoms with Gasteiger partial charge >= 0.3 is 5.97 Å². The van der Waals surface area contributed by atoms with Gasteiger partial charge in [-0.25, -0.2) is 0 Å². The average Bonchev–Trinajstić information content (AvgIpc) is 3.46. The number of benzene rings is 1. The van der Waals surface area contributed by atoms with Crippen LogP contribution in [0, 0.1) is 17.3 Å². The Hall–Kier alpha value is -2.41. The molecule has 4 N–H and O–H groups in total. The molecule has 3 fully saturated rings. The summed E-state index contributed by atoms with van der Waals surface area (Å²) in [4.78, 5) is 38.5. The summed E-state index contributed by atoms with van der Waals surface area (Å²) >= 11 is 0. The van der Waals surface area contributed by atoms with Crippen molar-refractivity contribution in [2.75, 3.05) is 19.6 Å². The molecule has 7 nitrogen and oxygen atoms in total. The van der Waals surface area contributed by atoms with E-state index in [0.29, 0.717) is 38.4 Å².